The topological polar surface area (TPSA) is 112 Å². The van der Waals surface area contributed by atoms with E-state index in [2.05, 4.69) is 22.0 Å². The van der Waals surface area contributed by atoms with Gasteiger partial charge in [0.05, 0.1) is 48.3 Å². The summed E-state index contributed by atoms with van der Waals surface area (Å²) in [5, 5.41) is 10.9. The van der Waals surface area contributed by atoms with Crippen LogP contribution in [0.4, 0.5) is 0 Å². The zero-order valence-corrected chi connectivity index (χ0v) is 29.0. The normalized spacial score (nSPS) is 14.2. The molecule has 0 bridgehead atoms. The first-order valence-electron chi connectivity index (χ1n) is 15.0. The van der Waals surface area contributed by atoms with Crippen LogP contribution < -0.4 is 29.1 Å². The number of methoxy groups -OCH3 is 2. The number of thiazole rings is 1. The number of ether oxygens (including phenoxy) is 4. The van der Waals surface area contributed by atoms with Gasteiger partial charge >= 0.3 is 5.97 Å². The number of fused-ring (bicyclic) bond motifs is 2. The zero-order chi connectivity index (χ0) is 33.9. The summed E-state index contributed by atoms with van der Waals surface area (Å²) >= 11 is 4.77. The summed E-state index contributed by atoms with van der Waals surface area (Å²) in [6, 6.07) is 23.6. The molecule has 0 radical (unpaired) electrons. The molecule has 0 aliphatic carbocycles. The van der Waals surface area contributed by atoms with Gasteiger partial charge in [0, 0.05) is 15.6 Å². The fourth-order valence-corrected chi connectivity index (χ4v) is 7.27. The summed E-state index contributed by atoms with van der Waals surface area (Å²) in [5.41, 5.74) is 3.05. The molecule has 2 heterocycles. The Morgan fingerprint density at radius 2 is 1.81 bits per heavy atom. The van der Waals surface area contributed by atoms with Crippen LogP contribution in [0.15, 0.2) is 98.3 Å². The molecule has 6 rings (SSSR count). The molecule has 0 spiro atoms. The monoisotopic (exact) mass is 723 g/mol. The Morgan fingerprint density at radius 3 is 2.52 bits per heavy atom. The Kier molecular flexibility index (Phi) is 9.48. The van der Waals surface area contributed by atoms with Gasteiger partial charge in [0.25, 0.3) is 5.56 Å². The molecule has 0 saturated carbocycles. The van der Waals surface area contributed by atoms with E-state index in [-0.39, 0.29) is 24.3 Å². The lowest BCUT2D eigenvalue weighted by molar-refractivity contribution is -0.139. The van der Waals surface area contributed by atoms with Gasteiger partial charge in [-0.1, -0.05) is 69.7 Å². The number of hydrogen-bond acceptors (Lipinski definition) is 9. The van der Waals surface area contributed by atoms with Crippen molar-refractivity contribution in [3.8, 4) is 23.3 Å². The van der Waals surface area contributed by atoms with Crippen LogP contribution in [0.1, 0.15) is 42.1 Å². The van der Waals surface area contributed by atoms with E-state index in [1.165, 1.54) is 11.3 Å². The number of allylic oxidation sites excluding steroid dienone is 1. The molecule has 1 atom stereocenters. The van der Waals surface area contributed by atoms with Gasteiger partial charge in [-0.15, -0.1) is 0 Å². The quantitative estimate of drug-likeness (QED) is 0.167. The number of esters is 1. The second kappa shape index (κ2) is 13.9. The summed E-state index contributed by atoms with van der Waals surface area (Å²) in [5.74, 6) is 0.880. The Morgan fingerprint density at radius 1 is 1.06 bits per heavy atom. The molecule has 11 heteroatoms. The first-order chi connectivity index (χ1) is 23.3. The Hall–Kier alpha value is -5.18. The predicted octanol–water partition coefficient (Wildman–Crippen LogP) is 6.18. The van der Waals surface area contributed by atoms with Crippen LogP contribution in [0, 0.1) is 11.3 Å². The van der Waals surface area contributed by atoms with E-state index < -0.39 is 12.0 Å². The number of carbonyl (C=O) groups excluding carboxylic acids is 1. The first kappa shape index (κ1) is 32.7. The number of aromatic nitrogens is 1. The number of nitrogens with zero attached hydrogens (tertiary/aromatic N) is 3. The van der Waals surface area contributed by atoms with Crippen LogP contribution in [0.5, 0.6) is 17.2 Å². The maximum atomic E-state index is 14.5. The third-order valence-corrected chi connectivity index (χ3v) is 9.40. The number of carbonyl (C=O) groups is 1. The summed E-state index contributed by atoms with van der Waals surface area (Å²) in [4.78, 5) is 33.3. The third kappa shape index (κ3) is 6.12. The molecular formula is C37H30BrN3O6S. The van der Waals surface area contributed by atoms with E-state index >= 15 is 0 Å². The minimum atomic E-state index is -0.868. The van der Waals surface area contributed by atoms with E-state index in [9.17, 15) is 9.59 Å². The number of nitriles is 1. The van der Waals surface area contributed by atoms with Crippen molar-refractivity contribution in [3.05, 3.63) is 130 Å². The molecule has 1 aromatic heterocycles. The van der Waals surface area contributed by atoms with Crippen molar-refractivity contribution in [2.45, 2.75) is 26.5 Å². The lowest BCUT2D eigenvalue weighted by Crippen LogP contribution is -2.40. The van der Waals surface area contributed by atoms with Crippen molar-refractivity contribution >= 4 is 50.1 Å². The van der Waals surface area contributed by atoms with Crippen LogP contribution in [0.3, 0.4) is 0 Å². The maximum Gasteiger partial charge on any atom is 0.338 e. The predicted molar refractivity (Wildman–Crippen MR) is 187 cm³/mol. The zero-order valence-electron chi connectivity index (χ0n) is 26.6. The molecule has 0 N–H and O–H groups in total. The lowest BCUT2D eigenvalue weighted by Gasteiger charge is -2.27. The number of halogens is 1. The van der Waals surface area contributed by atoms with E-state index in [1.807, 2.05) is 54.6 Å². The second-order valence-electron chi connectivity index (χ2n) is 10.8. The fourth-order valence-electron chi connectivity index (χ4n) is 5.77. The Balaban J connectivity index is 1.55. The van der Waals surface area contributed by atoms with Gasteiger partial charge in [-0.2, -0.15) is 5.26 Å². The standard InChI is InChI=1S/C37H30BrN3O6S/c1-5-46-36(43)31-21(2)40-37-41(33(31)32-27-9-7-6-8-24(27)14-15-28(32)44-3)35(42)30(48-37)17-25-16-26(38)18-29(45-4)34(25)47-20-23-12-10-22(19-39)11-13-23/h6-18,33H,5,20H2,1-4H3/b30-17-. The van der Waals surface area contributed by atoms with Gasteiger partial charge in [-0.3, -0.25) is 9.36 Å². The molecule has 48 heavy (non-hydrogen) atoms. The van der Waals surface area contributed by atoms with Crippen LogP contribution in [-0.2, 0) is 16.1 Å². The highest BCUT2D eigenvalue weighted by molar-refractivity contribution is 9.10. The molecule has 9 nitrogen and oxygen atoms in total. The molecule has 0 amide bonds. The van der Waals surface area contributed by atoms with Gasteiger partial charge in [-0.25, -0.2) is 9.79 Å². The summed E-state index contributed by atoms with van der Waals surface area (Å²) < 4.78 is 25.9. The minimum absolute atomic E-state index is 0.162. The van der Waals surface area contributed by atoms with Crippen molar-refractivity contribution in [3.63, 3.8) is 0 Å². The number of rotatable bonds is 9. The molecule has 5 aromatic rings. The van der Waals surface area contributed by atoms with Gasteiger partial charge in [0.15, 0.2) is 16.3 Å². The molecular weight excluding hydrogens is 694 g/mol. The van der Waals surface area contributed by atoms with Crippen LogP contribution in [0.2, 0.25) is 0 Å². The van der Waals surface area contributed by atoms with Gasteiger partial charge in [-0.05, 0) is 66.6 Å². The molecule has 0 saturated heterocycles. The summed E-state index contributed by atoms with van der Waals surface area (Å²) in [6.07, 6.45) is 1.74. The van der Waals surface area contributed by atoms with E-state index in [4.69, 9.17) is 29.2 Å². The Labute approximate surface area is 288 Å². The lowest BCUT2D eigenvalue weighted by atomic mass is 9.90. The minimum Gasteiger partial charge on any atom is -0.496 e. The van der Waals surface area contributed by atoms with Crippen LogP contribution in [-0.4, -0.2) is 31.4 Å². The Bertz CT molecular complexity index is 2320. The van der Waals surface area contributed by atoms with Crippen molar-refractivity contribution in [2.24, 2.45) is 4.99 Å². The largest absolute Gasteiger partial charge is 0.496 e. The third-order valence-electron chi connectivity index (χ3n) is 7.96. The number of benzene rings is 4. The van der Waals surface area contributed by atoms with Gasteiger partial charge in [0.2, 0.25) is 0 Å². The first-order valence-corrected chi connectivity index (χ1v) is 16.6. The fraction of sp³-hybridized carbons (Fsp3) is 0.189. The molecule has 1 unspecified atom stereocenters. The maximum absolute atomic E-state index is 14.5. The highest BCUT2D eigenvalue weighted by Gasteiger charge is 2.36. The SMILES string of the molecule is CCOC(=O)C1=C(C)N=c2s/c(=C\c3cc(Br)cc(OC)c3OCc3ccc(C#N)cc3)c(=O)n2C1c1c(OC)ccc2ccccc12. The van der Waals surface area contributed by atoms with Crippen LogP contribution in [0.25, 0.3) is 16.8 Å². The average molecular weight is 725 g/mol. The van der Waals surface area contributed by atoms with Gasteiger partial charge in [0.1, 0.15) is 18.4 Å². The molecule has 1 aliphatic rings. The van der Waals surface area contributed by atoms with Crippen molar-refractivity contribution in [1.29, 1.82) is 5.26 Å². The van der Waals surface area contributed by atoms with Crippen molar-refractivity contribution < 1.29 is 23.7 Å². The molecule has 1 aliphatic heterocycles. The van der Waals surface area contributed by atoms with Crippen molar-refractivity contribution in [2.75, 3.05) is 20.8 Å². The average Bonchev–Trinajstić information content (AvgIpc) is 3.40. The summed E-state index contributed by atoms with van der Waals surface area (Å²) in [7, 11) is 3.11. The number of hydrogen-bond donors (Lipinski definition) is 0. The van der Waals surface area contributed by atoms with Crippen LogP contribution >= 0.6 is 27.3 Å². The van der Waals surface area contributed by atoms with E-state index in [0.29, 0.717) is 49.0 Å². The van der Waals surface area contributed by atoms with E-state index in [0.717, 1.165) is 20.8 Å². The van der Waals surface area contributed by atoms with Crippen molar-refractivity contribution in [1.82, 2.24) is 4.57 Å². The smallest absolute Gasteiger partial charge is 0.338 e. The highest BCUT2D eigenvalue weighted by Crippen LogP contribution is 2.41. The highest BCUT2D eigenvalue weighted by atomic mass is 79.9. The second-order valence-corrected chi connectivity index (χ2v) is 12.8. The van der Waals surface area contributed by atoms with E-state index in [1.54, 1.807) is 56.9 Å². The molecule has 0 fully saturated rings. The molecule has 242 valence electrons. The summed E-state index contributed by atoms with van der Waals surface area (Å²) in [6.45, 7) is 3.86. The van der Waals surface area contributed by atoms with Gasteiger partial charge < -0.3 is 18.9 Å². The molecule has 4 aromatic carbocycles.